The molecule has 0 saturated heterocycles. The zero-order valence-electron chi connectivity index (χ0n) is 11.0. The number of ether oxygens (including phenoxy) is 1. The van der Waals surface area contributed by atoms with E-state index in [1.165, 1.54) is 0 Å². The molecule has 0 bridgehead atoms. The first-order valence-corrected chi connectivity index (χ1v) is 5.88. The Hall–Kier alpha value is -2.96. The Bertz CT molecular complexity index is 824. The molecule has 10 heteroatoms. The second-order valence-corrected chi connectivity index (χ2v) is 4.21. The zero-order valence-corrected chi connectivity index (χ0v) is 11.0. The first-order valence-electron chi connectivity index (χ1n) is 5.88. The summed E-state index contributed by atoms with van der Waals surface area (Å²) < 4.78 is 68.7. The fourth-order valence-electron chi connectivity index (χ4n) is 1.67. The monoisotopic (exact) mass is 331 g/mol. The van der Waals surface area contributed by atoms with E-state index in [-0.39, 0.29) is 5.56 Å². The van der Waals surface area contributed by atoms with Crippen LogP contribution in [0.15, 0.2) is 29.3 Å². The van der Waals surface area contributed by atoms with Gasteiger partial charge in [-0.15, -0.1) is 0 Å². The summed E-state index contributed by atoms with van der Waals surface area (Å²) in [7, 11) is 0. The van der Waals surface area contributed by atoms with Gasteiger partial charge < -0.3 is 9.72 Å². The van der Waals surface area contributed by atoms with Gasteiger partial charge in [-0.05, 0) is 18.2 Å². The Morgan fingerprint density at radius 2 is 1.96 bits per heavy atom. The first-order chi connectivity index (χ1) is 10.7. The van der Waals surface area contributed by atoms with E-state index in [0.717, 1.165) is 18.2 Å². The Balaban J connectivity index is 2.55. The number of nitrogens with zero attached hydrogens (tertiary/aromatic N) is 2. The minimum absolute atomic E-state index is 0.258. The number of aromatic nitrogens is 2. The van der Waals surface area contributed by atoms with E-state index in [9.17, 15) is 26.7 Å². The van der Waals surface area contributed by atoms with Gasteiger partial charge in [0, 0.05) is 5.56 Å². The van der Waals surface area contributed by atoms with Crippen LogP contribution >= 0.6 is 0 Å². The highest BCUT2D eigenvalue weighted by atomic mass is 19.4. The number of rotatable bonds is 3. The first kappa shape index (κ1) is 16.4. The largest absolute Gasteiger partial charge is 0.449 e. The van der Waals surface area contributed by atoms with Crippen molar-refractivity contribution in [2.45, 2.75) is 12.6 Å². The average molecular weight is 331 g/mol. The van der Waals surface area contributed by atoms with Crippen LogP contribution in [0.2, 0.25) is 0 Å². The molecule has 5 nitrogen and oxygen atoms in total. The fraction of sp³-hybridized carbons (Fsp3) is 0.154. The molecule has 120 valence electrons. The fourth-order valence-corrected chi connectivity index (χ4v) is 1.67. The third kappa shape index (κ3) is 3.63. The molecule has 0 spiro atoms. The molecule has 0 fully saturated rings. The quantitative estimate of drug-likeness (QED) is 0.875. The number of benzene rings is 1. The van der Waals surface area contributed by atoms with E-state index in [1.54, 1.807) is 6.07 Å². The van der Waals surface area contributed by atoms with Crippen molar-refractivity contribution < 1.29 is 26.7 Å². The van der Waals surface area contributed by atoms with Crippen LogP contribution in [0.4, 0.5) is 22.0 Å². The molecule has 0 amide bonds. The van der Waals surface area contributed by atoms with Crippen LogP contribution < -0.4 is 10.3 Å². The lowest BCUT2D eigenvalue weighted by Gasteiger charge is -2.12. The number of hydrogen-bond donors (Lipinski definition) is 1. The van der Waals surface area contributed by atoms with Gasteiger partial charge in [-0.25, -0.2) is 13.8 Å². The summed E-state index contributed by atoms with van der Waals surface area (Å²) in [5.41, 5.74) is -3.74. The van der Waals surface area contributed by atoms with Gasteiger partial charge in [0.25, 0.3) is 12.0 Å². The minimum Gasteiger partial charge on any atom is -0.449 e. The molecule has 0 atom stereocenters. The van der Waals surface area contributed by atoms with Crippen molar-refractivity contribution in [1.82, 2.24) is 9.97 Å². The van der Waals surface area contributed by atoms with Gasteiger partial charge in [-0.3, -0.25) is 4.79 Å². The van der Waals surface area contributed by atoms with Crippen molar-refractivity contribution >= 4 is 0 Å². The van der Waals surface area contributed by atoms with Crippen molar-refractivity contribution in [1.29, 1.82) is 5.26 Å². The molecule has 2 rings (SSSR count). The van der Waals surface area contributed by atoms with Crippen molar-refractivity contribution in [3.05, 3.63) is 51.7 Å². The van der Waals surface area contributed by atoms with Gasteiger partial charge in [0.1, 0.15) is 5.75 Å². The van der Waals surface area contributed by atoms with E-state index < -0.39 is 40.9 Å². The number of aromatic amines is 1. The number of alkyl halides is 5. The Labute approximate surface area is 125 Å². The molecule has 0 unspecified atom stereocenters. The summed E-state index contributed by atoms with van der Waals surface area (Å²) in [5.74, 6) is -1.71. The molecule has 1 aromatic heterocycles. The number of nitrogens with one attached hydrogen (secondary N) is 1. The highest BCUT2D eigenvalue weighted by Crippen LogP contribution is 2.35. The van der Waals surface area contributed by atoms with E-state index >= 15 is 0 Å². The molecule has 0 saturated carbocycles. The van der Waals surface area contributed by atoms with E-state index in [2.05, 4.69) is 4.98 Å². The van der Waals surface area contributed by atoms with Crippen molar-refractivity contribution in [2.75, 3.05) is 0 Å². The van der Waals surface area contributed by atoms with E-state index in [1.807, 2.05) is 4.98 Å². The normalized spacial score (nSPS) is 11.3. The van der Waals surface area contributed by atoms with Gasteiger partial charge in [-0.2, -0.15) is 18.4 Å². The summed E-state index contributed by atoms with van der Waals surface area (Å²) in [6.45, 7) is 0. The van der Waals surface area contributed by atoms with Crippen LogP contribution in [0.25, 0.3) is 0 Å². The van der Waals surface area contributed by atoms with Crippen LogP contribution in [0.5, 0.6) is 11.5 Å². The molecule has 0 aliphatic carbocycles. The Kier molecular flexibility index (Phi) is 4.31. The van der Waals surface area contributed by atoms with Gasteiger partial charge in [0.2, 0.25) is 5.75 Å². The second kappa shape index (κ2) is 6.04. The minimum atomic E-state index is -4.98. The molecular formula is C13H6F5N3O2. The number of halogens is 5. The lowest BCUT2D eigenvalue weighted by molar-refractivity contribution is -0.142. The predicted octanol–water partition coefficient (Wildman–Crippen LogP) is 3.39. The summed E-state index contributed by atoms with van der Waals surface area (Å²) in [6.07, 6.45) is -7.42. The Morgan fingerprint density at radius 3 is 2.52 bits per heavy atom. The highest BCUT2D eigenvalue weighted by Gasteiger charge is 2.38. The molecule has 0 aliphatic heterocycles. The predicted molar refractivity (Wildman–Crippen MR) is 66.0 cm³/mol. The maximum absolute atomic E-state index is 12.8. The third-order valence-electron chi connectivity index (χ3n) is 2.61. The van der Waals surface area contributed by atoms with Gasteiger partial charge in [0.15, 0.2) is 5.69 Å². The lowest BCUT2D eigenvalue weighted by Crippen LogP contribution is -2.18. The summed E-state index contributed by atoms with van der Waals surface area (Å²) >= 11 is 0. The van der Waals surface area contributed by atoms with E-state index in [4.69, 9.17) is 10.00 Å². The van der Waals surface area contributed by atoms with Gasteiger partial charge in [0.05, 0.1) is 18.0 Å². The standard InChI is InChI=1S/C13H6F5N3O2/c14-11(15)7-1-6(4-19)2-8(3-7)23-9-10(13(16,17)18)20-5-21-12(9)22/h1-3,5,11H,(H,20,21,22). The molecule has 1 N–H and O–H groups in total. The maximum atomic E-state index is 12.8. The van der Waals surface area contributed by atoms with Crippen molar-refractivity contribution in [3.8, 4) is 17.6 Å². The number of H-pyrrole nitrogens is 1. The van der Waals surface area contributed by atoms with Crippen LogP contribution in [0.3, 0.4) is 0 Å². The summed E-state index contributed by atoms with van der Waals surface area (Å²) in [4.78, 5) is 16.4. The molecule has 23 heavy (non-hydrogen) atoms. The second-order valence-electron chi connectivity index (χ2n) is 4.21. The number of hydrogen-bond acceptors (Lipinski definition) is 4. The van der Waals surface area contributed by atoms with Crippen molar-refractivity contribution in [3.63, 3.8) is 0 Å². The van der Waals surface area contributed by atoms with E-state index in [0.29, 0.717) is 6.33 Å². The highest BCUT2D eigenvalue weighted by molar-refractivity contribution is 5.43. The molecule has 0 radical (unpaired) electrons. The molecule has 0 aliphatic rings. The van der Waals surface area contributed by atoms with Crippen LogP contribution in [0.1, 0.15) is 23.2 Å². The van der Waals surface area contributed by atoms with Gasteiger partial charge >= 0.3 is 6.18 Å². The molecule has 2 aromatic rings. The summed E-state index contributed by atoms with van der Waals surface area (Å²) in [6, 6.07) is 4.09. The van der Waals surface area contributed by atoms with Gasteiger partial charge in [-0.1, -0.05) is 0 Å². The number of nitriles is 1. The smallest absolute Gasteiger partial charge is 0.437 e. The molecule has 1 aromatic carbocycles. The summed E-state index contributed by atoms with van der Waals surface area (Å²) in [5, 5.41) is 8.76. The molecule has 1 heterocycles. The lowest BCUT2D eigenvalue weighted by atomic mass is 10.1. The average Bonchev–Trinajstić information content (AvgIpc) is 2.47. The van der Waals surface area contributed by atoms with Crippen LogP contribution in [-0.4, -0.2) is 9.97 Å². The van der Waals surface area contributed by atoms with Crippen LogP contribution in [-0.2, 0) is 6.18 Å². The topological polar surface area (TPSA) is 78.8 Å². The SMILES string of the molecule is N#Cc1cc(Oc2c(C(F)(F)F)nc[nH]c2=O)cc(C(F)F)c1. The van der Waals surface area contributed by atoms with Crippen molar-refractivity contribution in [2.24, 2.45) is 0 Å². The third-order valence-corrected chi connectivity index (χ3v) is 2.61. The maximum Gasteiger partial charge on any atom is 0.437 e. The molecular weight excluding hydrogens is 325 g/mol. The van der Waals surface area contributed by atoms with Crippen LogP contribution in [0, 0.1) is 11.3 Å². The zero-order chi connectivity index (χ0) is 17.2. The Morgan fingerprint density at radius 1 is 1.26 bits per heavy atom.